The van der Waals surface area contributed by atoms with Crippen molar-refractivity contribution in [1.29, 1.82) is 0 Å². The minimum atomic E-state index is 0.172. The first-order chi connectivity index (χ1) is 13.0. The third-order valence-corrected chi connectivity index (χ3v) is 5.53. The van der Waals surface area contributed by atoms with E-state index < -0.39 is 0 Å². The molecule has 6 heteroatoms. The topological polar surface area (TPSA) is 55.4 Å². The summed E-state index contributed by atoms with van der Waals surface area (Å²) in [6.45, 7) is 7.96. The Kier molecular flexibility index (Phi) is 4.72. The van der Waals surface area contributed by atoms with Crippen molar-refractivity contribution >= 4 is 11.6 Å². The first-order valence-corrected chi connectivity index (χ1v) is 9.76. The number of aromatic nitrogens is 4. The van der Waals surface area contributed by atoms with E-state index in [9.17, 15) is 4.79 Å². The van der Waals surface area contributed by atoms with E-state index in [4.69, 9.17) is 0 Å². The molecule has 0 N–H and O–H groups in total. The molecule has 1 amide bonds. The second kappa shape index (κ2) is 7.18. The molecule has 4 rings (SSSR count). The number of hydrogen-bond acceptors (Lipinski definition) is 3. The van der Waals surface area contributed by atoms with Crippen molar-refractivity contribution in [2.75, 3.05) is 13.1 Å². The zero-order valence-corrected chi connectivity index (χ0v) is 16.3. The van der Waals surface area contributed by atoms with Crippen LogP contribution in [0, 0.1) is 6.92 Å². The van der Waals surface area contributed by atoms with Gasteiger partial charge in [-0.25, -0.2) is 9.97 Å². The maximum atomic E-state index is 13.0. The Morgan fingerprint density at radius 1 is 1.30 bits per heavy atom. The second-order valence-electron chi connectivity index (χ2n) is 7.78. The molecule has 27 heavy (non-hydrogen) atoms. The molecule has 3 aromatic rings. The van der Waals surface area contributed by atoms with Crippen LogP contribution in [0.15, 0.2) is 36.9 Å². The molecular weight excluding hydrogens is 338 g/mol. The molecule has 1 atom stereocenters. The van der Waals surface area contributed by atoms with Gasteiger partial charge < -0.3 is 13.9 Å². The number of piperidine rings is 1. The molecule has 0 aliphatic carbocycles. The minimum absolute atomic E-state index is 0.172. The number of aryl methyl sites for hydroxylation is 1. The van der Waals surface area contributed by atoms with Gasteiger partial charge in [-0.1, -0.05) is 6.07 Å². The number of pyridine rings is 1. The average molecular weight is 365 g/mol. The summed E-state index contributed by atoms with van der Waals surface area (Å²) in [4.78, 5) is 24.1. The summed E-state index contributed by atoms with van der Waals surface area (Å²) < 4.78 is 4.26. The predicted octanol–water partition coefficient (Wildman–Crippen LogP) is 3.37. The molecule has 3 aromatic heterocycles. The average Bonchev–Trinajstić information content (AvgIpc) is 3.30. The Hall–Kier alpha value is -2.63. The summed E-state index contributed by atoms with van der Waals surface area (Å²) in [7, 11) is 0. The number of amides is 1. The van der Waals surface area contributed by atoms with Crippen LogP contribution >= 0.6 is 0 Å². The molecule has 0 bridgehead atoms. The van der Waals surface area contributed by atoms with Crippen molar-refractivity contribution in [3.63, 3.8) is 0 Å². The van der Waals surface area contributed by atoms with Gasteiger partial charge in [-0.2, -0.15) is 0 Å². The first kappa shape index (κ1) is 17.8. The molecule has 142 valence electrons. The van der Waals surface area contributed by atoms with Crippen LogP contribution in [0.1, 0.15) is 55.7 Å². The number of nitrogens with zero attached hydrogens (tertiary/aromatic N) is 5. The van der Waals surface area contributed by atoms with Crippen molar-refractivity contribution in [2.24, 2.45) is 0 Å². The van der Waals surface area contributed by atoms with Gasteiger partial charge >= 0.3 is 0 Å². The third-order valence-electron chi connectivity index (χ3n) is 5.53. The summed E-state index contributed by atoms with van der Waals surface area (Å²) in [5.74, 6) is 1.59. The minimum Gasteiger partial charge on any atom is -0.342 e. The van der Waals surface area contributed by atoms with Gasteiger partial charge in [-0.15, -0.1) is 0 Å². The van der Waals surface area contributed by atoms with E-state index in [0.717, 1.165) is 48.7 Å². The number of likely N-dealkylation sites (tertiary alicyclic amines) is 1. The molecule has 0 aromatic carbocycles. The van der Waals surface area contributed by atoms with Crippen LogP contribution in [0.4, 0.5) is 0 Å². The summed E-state index contributed by atoms with van der Waals surface area (Å²) in [5.41, 5.74) is 3.00. The number of fused-ring (bicyclic) bond motifs is 1. The number of carbonyl (C=O) groups is 1. The van der Waals surface area contributed by atoms with E-state index in [0.29, 0.717) is 18.4 Å². The van der Waals surface area contributed by atoms with E-state index in [1.807, 2.05) is 53.1 Å². The highest BCUT2D eigenvalue weighted by atomic mass is 16.2. The van der Waals surface area contributed by atoms with Crippen LogP contribution < -0.4 is 0 Å². The van der Waals surface area contributed by atoms with E-state index in [1.54, 1.807) is 0 Å². The molecule has 0 saturated carbocycles. The summed E-state index contributed by atoms with van der Waals surface area (Å²) in [5, 5.41) is 0. The van der Waals surface area contributed by atoms with Crippen molar-refractivity contribution in [2.45, 2.75) is 52.0 Å². The molecule has 1 unspecified atom stereocenters. The smallest absolute Gasteiger partial charge is 0.228 e. The molecule has 6 nitrogen and oxygen atoms in total. The zero-order chi connectivity index (χ0) is 19.0. The number of imidazole rings is 2. The van der Waals surface area contributed by atoms with Crippen molar-refractivity contribution < 1.29 is 4.79 Å². The Labute approximate surface area is 159 Å². The Morgan fingerprint density at radius 3 is 2.96 bits per heavy atom. The highest BCUT2D eigenvalue weighted by molar-refractivity contribution is 5.79. The van der Waals surface area contributed by atoms with Crippen LogP contribution in [-0.2, 0) is 11.2 Å². The molecular formula is C21H27N5O. The Balaban J connectivity index is 1.50. The Bertz CT molecular complexity index is 955. The number of hydrogen-bond donors (Lipinski definition) is 0. The fraction of sp³-hybridized carbons (Fsp3) is 0.476. The molecule has 0 spiro atoms. The van der Waals surface area contributed by atoms with Gasteiger partial charge in [0.05, 0.1) is 12.1 Å². The molecule has 1 aliphatic rings. The molecule has 1 fully saturated rings. The lowest BCUT2D eigenvalue weighted by atomic mass is 9.96. The van der Waals surface area contributed by atoms with Gasteiger partial charge in [0.25, 0.3) is 0 Å². The second-order valence-corrected chi connectivity index (χ2v) is 7.78. The van der Waals surface area contributed by atoms with Gasteiger partial charge in [-0.05, 0) is 45.2 Å². The first-order valence-electron chi connectivity index (χ1n) is 9.76. The lowest BCUT2D eigenvalue weighted by molar-refractivity contribution is -0.131. The summed E-state index contributed by atoms with van der Waals surface area (Å²) in [6, 6.07) is 4.43. The standard InChI is InChI=1S/C21H27N5O/c1-15(2)25-11-8-22-21(25)17-7-5-9-24(14-17)19(27)12-18-13-23-20-16(3)6-4-10-26(18)20/h4,6,8,10-11,13,15,17H,5,7,9,12,14H2,1-3H3. The van der Waals surface area contributed by atoms with Crippen molar-refractivity contribution in [3.8, 4) is 0 Å². The van der Waals surface area contributed by atoms with Gasteiger partial charge in [-0.3, -0.25) is 4.79 Å². The normalized spacial score (nSPS) is 17.8. The van der Waals surface area contributed by atoms with Crippen molar-refractivity contribution in [1.82, 2.24) is 23.8 Å². The molecule has 0 radical (unpaired) electrons. The molecule has 4 heterocycles. The molecule has 1 saturated heterocycles. The third kappa shape index (κ3) is 3.36. The number of carbonyl (C=O) groups excluding carboxylic acids is 1. The van der Waals surface area contributed by atoms with Crippen LogP contribution in [0.25, 0.3) is 5.65 Å². The van der Waals surface area contributed by atoms with Crippen LogP contribution in [0.3, 0.4) is 0 Å². The Morgan fingerprint density at radius 2 is 2.15 bits per heavy atom. The van der Waals surface area contributed by atoms with Gasteiger partial charge in [0, 0.05) is 49.8 Å². The van der Waals surface area contributed by atoms with Gasteiger partial charge in [0.15, 0.2) is 0 Å². The van der Waals surface area contributed by atoms with E-state index in [2.05, 4.69) is 28.4 Å². The van der Waals surface area contributed by atoms with Crippen LogP contribution in [0.5, 0.6) is 0 Å². The maximum Gasteiger partial charge on any atom is 0.228 e. The maximum absolute atomic E-state index is 13.0. The predicted molar refractivity (Wildman–Crippen MR) is 105 cm³/mol. The SMILES string of the molecule is Cc1cccn2c(CC(=O)N3CCCC(c4nccn4C(C)C)C3)cnc12. The van der Waals surface area contributed by atoms with E-state index >= 15 is 0 Å². The largest absolute Gasteiger partial charge is 0.342 e. The highest BCUT2D eigenvalue weighted by Gasteiger charge is 2.28. The van der Waals surface area contributed by atoms with Gasteiger partial charge in [0.1, 0.15) is 11.5 Å². The summed E-state index contributed by atoms with van der Waals surface area (Å²) in [6.07, 6.45) is 10.2. The highest BCUT2D eigenvalue weighted by Crippen LogP contribution is 2.28. The van der Waals surface area contributed by atoms with E-state index in [-0.39, 0.29) is 5.91 Å². The van der Waals surface area contributed by atoms with Gasteiger partial charge in [0.2, 0.25) is 5.91 Å². The van der Waals surface area contributed by atoms with E-state index in [1.165, 1.54) is 0 Å². The molecule has 1 aliphatic heterocycles. The summed E-state index contributed by atoms with van der Waals surface area (Å²) >= 11 is 0. The monoisotopic (exact) mass is 365 g/mol. The fourth-order valence-electron chi connectivity index (χ4n) is 4.09. The van der Waals surface area contributed by atoms with Crippen LogP contribution in [-0.4, -0.2) is 42.8 Å². The number of rotatable bonds is 4. The lowest BCUT2D eigenvalue weighted by Gasteiger charge is -2.33. The quantitative estimate of drug-likeness (QED) is 0.712. The van der Waals surface area contributed by atoms with Crippen molar-refractivity contribution in [3.05, 3.63) is 54.0 Å². The fourth-order valence-corrected chi connectivity index (χ4v) is 4.09. The zero-order valence-electron chi connectivity index (χ0n) is 16.3. The lowest BCUT2D eigenvalue weighted by Crippen LogP contribution is -2.40. The van der Waals surface area contributed by atoms with Crippen LogP contribution in [0.2, 0.25) is 0 Å².